The van der Waals surface area contributed by atoms with Crippen molar-refractivity contribution in [1.29, 1.82) is 0 Å². The van der Waals surface area contributed by atoms with Crippen molar-refractivity contribution in [2.24, 2.45) is 0 Å². The molecule has 1 aromatic carbocycles. The summed E-state index contributed by atoms with van der Waals surface area (Å²) < 4.78 is 5.52. The number of anilines is 2. The van der Waals surface area contributed by atoms with Gasteiger partial charge in [0.2, 0.25) is 11.8 Å². The summed E-state index contributed by atoms with van der Waals surface area (Å²) in [5, 5.41) is 9.54. The number of nitrogens with zero attached hydrogens (tertiary/aromatic N) is 4. The highest BCUT2D eigenvalue weighted by Crippen LogP contribution is 2.29. The number of hydrogen-bond donors (Lipinski definition) is 3. The van der Waals surface area contributed by atoms with E-state index >= 15 is 0 Å². The number of benzene rings is 1. The summed E-state index contributed by atoms with van der Waals surface area (Å²) in [7, 11) is 0. The van der Waals surface area contributed by atoms with Crippen LogP contribution in [0.1, 0.15) is 17.7 Å². The van der Waals surface area contributed by atoms with Gasteiger partial charge in [0, 0.05) is 56.0 Å². The van der Waals surface area contributed by atoms with Gasteiger partial charge in [0.25, 0.3) is 0 Å². The van der Waals surface area contributed by atoms with Crippen LogP contribution in [0.3, 0.4) is 0 Å². The van der Waals surface area contributed by atoms with Crippen molar-refractivity contribution in [3.05, 3.63) is 96.8 Å². The smallest absolute Gasteiger partial charge is 0.243 e. The lowest BCUT2D eigenvalue weighted by molar-refractivity contribution is -0.117. The van der Waals surface area contributed by atoms with Crippen LogP contribution in [0.15, 0.2) is 85.5 Å². The van der Waals surface area contributed by atoms with Gasteiger partial charge in [-0.25, -0.2) is 0 Å². The van der Waals surface area contributed by atoms with Crippen molar-refractivity contribution in [3.8, 4) is 0 Å². The zero-order valence-electron chi connectivity index (χ0n) is 23.0. The molecule has 0 aliphatic carbocycles. The topological polar surface area (TPSA) is 102 Å². The van der Waals surface area contributed by atoms with E-state index in [4.69, 9.17) is 4.74 Å². The molecule has 2 unspecified atom stereocenters. The SMILES string of the molecule is C=CC(=O)NC1CCN(c2ccnc(CC(=O)Nc3ccc(C4=CN5C(N6CCOCC6)=CC=CC5N4)cc3)c2)C1. The van der Waals surface area contributed by atoms with E-state index in [0.717, 1.165) is 61.9 Å². The molecule has 2 fully saturated rings. The first-order valence-corrected chi connectivity index (χ1v) is 14.1. The lowest BCUT2D eigenvalue weighted by atomic mass is 10.1. The molecule has 0 spiro atoms. The van der Waals surface area contributed by atoms with Crippen molar-refractivity contribution in [1.82, 2.24) is 25.4 Å². The molecule has 4 aliphatic heterocycles. The molecule has 0 saturated carbocycles. The van der Waals surface area contributed by atoms with Crippen LogP contribution < -0.4 is 20.9 Å². The van der Waals surface area contributed by atoms with E-state index in [1.807, 2.05) is 36.4 Å². The minimum Gasteiger partial charge on any atom is -0.378 e. The van der Waals surface area contributed by atoms with E-state index in [0.29, 0.717) is 12.2 Å². The number of carbonyl (C=O) groups is 2. The largest absolute Gasteiger partial charge is 0.378 e. The Bertz CT molecular complexity index is 1390. The molecule has 4 aliphatic rings. The van der Waals surface area contributed by atoms with Crippen LogP contribution in [-0.2, 0) is 20.7 Å². The minimum absolute atomic E-state index is 0.0767. The zero-order chi connectivity index (χ0) is 28.2. The second-order valence-corrected chi connectivity index (χ2v) is 10.5. The quantitative estimate of drug-likeness (QED) is 0.429. The number of amides is 2. The first kappa shape index (κ1) is 26.6. The molecular formula is C31H35N7O3. The van der Waals surface area contributed by atoms with Crippen LogP contribution in [0.5, 0.6) is 0 Å². The summed E-state index contributed by atoms with van der Waals surface area (Å²) in [5.41, 5.74) is 4.52. The maximum absolute atomic E-state index is 12.8. The van der Waals surface area contributed by atoms with Gasteiger partial charge in [-0.1, -0.05) is 24.8 Å². The highest BCUT2D eigenvalue weighted by molar-refractivity contribution is 5.92. The fourth-order valence-electron chi connectivity index (χ4n) is 5.62. The van der Waals surface area contributed by atoms with Gasteiger partial charge in [0.15, 0.2) is 0 Å². The van der Waals surface area contributed by atoms with E-state index < -0.39 is 0 Å². The molecule has 5 heterocycles. The number of pyridine rings is 1. The minimum atomic E-state index is -0.156. The zero-order valence-corrected chi connectivity index (χ0v) is 23.0. The van der Waals surface area contributed by atoms with E-state index in [1.54, 1.807) is 6.20 Å². The van der Waals surface area contributed by atoms with Crippen molar-refractivity contribution >= 4 is 28.9 Å². The molecule has 212 valence electrons. The molecule has 3 N–H and O–H groups in total. The van der Waals surface area contributed by atoms with Gasteiger partial charge < -0.3 is 35.4 Å². The Balaban J connectivity index is 1.04. The van der Waals surface area contributed by atoms with Gasteiger partial charge in [-0.05, 0) is 54.5 Å². The Labute approximate surface area is 240 Å². The third kappa shape index (κ3) is 6.12. The fraction of sp³-hybridized carbons (Fsp3) is 0.323. The summed E-state index contributed by atoms with van der Waals surface area (Å²) in [6.45, 7) is 8.31. The maximum atomic E-state index is 12.8. The third-order valence-corrected chi connectivity index (χ3v) is 7.72. The first-order valence-electron chi connectivity index (χ1n) is 14.1. The van der Waals surface area contributed by atoms with Crippen molar-refractivity contribution < 1.29 is 14.3 Å². The lowest BCUT2D eigenvalue weighted by Crippen LogP contribution is -2.45. The Hall–Kier alpha value is -4.57. The standard InChI is InChI=1S/C31H35N7O3/c1-2-29(39)34-24-11-13-37(20-24)26-10-12-32-25(18-26)19-30(40)33-23-8-6-22(7-9-23)27-21-38-28(35-27)4-3-5-31(38)36-14-16-41-17-15-36/h2-10,12,18,21,24,28,35H,1,11,13-17,19-20H2,(H,33,40)(H,34,39). The number of allylic oxidation sites excluding steroid dienone is 2. The molecule has 0 bridgehead atoms. The van der Waals surface area contributed by atoms with Crippen LogP contribution in [0.4, 0.5) is 11.4 Å². The van der Waals surface area contributed by atoms with Crippen LogP contribution in [0.2, 0.25) is 0 Å². The molecule has 10 heteroatoms. The number of rotatable bonds is 8. The van der Waals surface area contributed by atoms with Crippen molar-refractivity contribution in [3.63, 3.8) is 0 Å². The molecule has 2 aromatic rings. The molecule has 2 amide bonds. The number of carbonyl (C=O) groups excluding carboxylic acids is 2. The van der Waals surface area contributed by atoms with Crippen LogP contribution in [0, 0.1) is 0 Å². The van der Waals surface area contributed by atoms with Crippen molar-refractivity contribution in [2.45, 2.75) is 25.0 Å². The molecule has 0 radical (unpaired) electrons. The predicted octanol–water partition coefficient (Wildman–Crippen LogP) is 2.42. The number of aromatic nitrogens is 1. The Morgan fingerprint density at radius 2 is 1.95 bits per heavy atom. The normalized spacial score (nSPS) is 21.5. The van der Waals surface area contributed by atoms with E-state index in [2.05, 4.69) is 66.6 Å². The summed E-state index contributed by atoms with van der Waals surface area (Å²) >= 11 is 0. The first-order chi connectivity index (χ1) is 20.1. The summed E-state index contributed by atoms with van der Waals surface area (Å²) in [4.78, 5) is 35.7. The average molecular weight is 554 g/mol. The van der Waals surface area contributed by atoms with Gasteiger partial charge in [0.1, 0.15) is 12.0 Å². The van der Waals surface area contributed by atoms with E-state index in [9.17, 15) is 9.59 Å². The fourth-order valence-corrected chi connectivity index (χ4v) is 5.62. The Morgan fingerprint density at radius 1 is 1.12 bits per heavy atom. The van der Waals surface area contributed by atoms with Gasteiger partial charge in [-0.3, -0.25) is 14.6 Å². The maximum Gasteiger partial charge on any atom is 0.243 e. The Kier molecular flexibility index (Phi) is 7.73. The Morgan fingerprint density at radius 3 is 2.76 bits per heavy atom. The summed E-state index contributed by atoms with van der Waals surface area (Å²) in [6, 6.07) is 11.8. The number of fused-ring (bicyclic) bond motifs is 1. The van der Waals surface area contributed by atoms with Crippen LogP contribution in [-0.4, -0.2) is 78.2 Å². The monoisotopic (exact) mass is 553 g/mol. The highest BCUT2D eigenvalue weighted by atomic mass is 16.5. The third-order valence-electron chi connectivity index (χ3n) is 7.72. The van der Waals surface area contributed by atoms with Crippen LogP contribution >= 0.6 is 0 Å². The number of nitrogens with one attached hydrogen (secondary N) is 3. The molecule has 10 nitrogen and oxygen atoms in total. The van der Waals surface area contributed by atoms with E-state index in [-0.39, 0.29) is 30.4 Å². The van der Waals surface area contributed by atoms with Gasteiger partial charge >= 0.3 is 0 Å². The summed E-state index contributed by atoms with van der Waals surface area (Å²) in [5.74, 6) is 0.894. The van der Waals surface area contributed by atoms with Gasteiger partial charge in [0.05, 0.1) is 31.0 Å². The second kappa shape index (κ2) is 11.9. The average Bonchev–Trinajstić information content (AvgIpc) is 3.65. The molecular weight excluding hydrogens is 518 g/mol. The molecule has 2 saturated heterocycles. The molecule has 41 heavy (non-hydrogen) atoms. The van der Waals surface area contributed by atoms with E-state index in [1.165, 1.54) is 11.9 Å². The number of morpholine rings is 1. The number of hydrogen-bond acceptors (Lipinski definition) is 8. The predicted molar refractivity (Wildman–Crippen MR) is 158 cm³/mol. The van der Waals surface area contributed by atoms with Crippen molar-refractivity contribution in [2.75, 3.05) is 49.6 Å². The molecule has 6 rings (SSSR count). The lowest BCUT2D eigenvalue weighted by Gasteiger charge is -2.38. The molecule has 2 atom stereocenters. The van der Waals surface area contributed by atoms with Crippen LogP contribution in [0.25, 0.3) is 5.70 Å². The molecule has 1 aromatic heterocycles. The highest BCUT2D eigenvalue weighted by Gasteiger charge is 2.30. The van der Waals surface area contributed by atoms with Gasteiger partial charge in [-0.2, -0.15) is 0 Å². The summed E-state index contributed by atoms with van der Waals surface area (Å²) in [6.07, 6.45) is 12.7. The second-order valence-electron chi connectivity index (χ2n) is 10.5. The number of ether oxygens (including phenoxy) is 1. The van der Waals surface area contributed by atoms with Gasteiger partial charge in [-0.15, -0.1) is 0 Å².